The van der Waals surface area contributed by atoms with Crippen LogP contribution in [-0.2, 0) is 15.2 Å². The van der Waals surface area contributed by atoms with Gasteiger partial charge in [0.15, 0.2) is 0 Å². The molecule has 2 aromatic rings. The van der Waals surface area contributed by atoms with Gasteiger partial charge in [0, 0.05) is 37.2 Å². The molecular formula is C19H19N3O3. The van der Waals surface area contributed by atoms with E-state index < -0.39 is 5.66 Å². The Morgan fingerprint density at radius 3 is 2.56 bits per heavy atom. The maximum Gasteiger partial charge on any atom is 0.276 e. The second kappa shape index (κ2) is 5.89. The number of ether oxygens (including phenoxy) is 1. The van der Waals surface area contributed by atoms with Crippen LogP contribution in [0.3, 0.4) is 0 Å². The topological polar surface area (TPSA) is 70.7 Å². The van der Waals surface area contributed by atoms with Crippen molar-refractivity contribution in [3.05, 3.63) is 59.7 Å². The Balaban J connectivity index is 1.87. The van der Waals surface area contributed by atoms with Gasteiger partial charge in [-0.15, -0.1) is 0 Å². The summed E-state index contributed by atoms with van der Waals surface area (Å²) in [5.74, 6) is -0.397. The average Bonchev–Trinajstić information content (AvgIpc) is 2.90. The molecule has 0 unspecified atom stereocenters. The Morgan fingerprint density at radius 1 is 1.04 bits per heavy atom. The highest BCUT2D eigenvalue weighted by molar-refractivity contribution is 6.14. The number of nitrogens with one attached hydrogen (secondary N) is 2. The van der Waals surface area contributed by atoms with Gasteiger partial charge in [0.1, 0.15) is 0 Å². The molecule has 0 aromatic heterocycles. The maximum absolute atomic E-state index is 13.2. The lowest BCUT2D eigenvalue weighted by Crippen LogP contribution is -2.61. The Morgan fingerprint density at radius 2 is 1.76 bits per heavy atom. The highest BCUT2D eigenvalue weighted by atomic mass is 16.5. The Hall–Kier alpha value is -2.86. The van der Waals surface area contributed by atoms with Gasteiger partial charge in [-0.25, -0.2) is 0 Å². The van der Waals surface area contributed by atoms with E-state index in [1.165, 1.54) is 0 Å². The van der Waals surface area contributed by atoms with Crippen molar-refractivity contribution in [3.8, 4) is 0 Å². The summed E-state index contributed by atoms with van der Waals surface area (Å²) in [5, 5.41) is 6.24. The normalized spacial score (nSPS) is 20.9. The summed E-state index contributed by atoms with van der Waals surface area (Å²) in [6, 6.07) is 14.8. The molecule has 2 aliphatic heterocycles. The Kier molecular flexibility index (Phi) is 3.69. The summed E-state index contributed by atoms with van der Waals surface area (Å²) in [7, 11) is 1.62. The van der Waals surface area contributed by atoms with Gasteiger partial charge in [0.05, 0.1) is 5.56 Å². The molecule has 128 valence electrons. The number of amides is 2. The van der Waals surface area contributed by atoms with E-state index in [0.717, 1.165) is 11.3 Å². The first-order valence-corrected chi connectivity index (χ1v) is 8.27. The number of hydrogen-bond acceptors (Lipinski definition) is 4. The molecule has 2 aromatic carbocycles. The first kappa shape index (κ1) is 15.7. The molecule has 0 saturated carbocycles. The minimum atomic E-state index is -1.23. The van der Waals surface area contributed by atoms with Crippen molar-refractivity contribution < 1.29 is 14.3 Å². The van der Waals surface area contributed by atoms with E-state index in [2.05, 4.69) is 10.6 Å². The summed E-state index contributed by atoms with van der Waals surface area (Å²) < 4.78 is 5.13. The molecule has 2 aliphatic rings. The molecule has 4 rings (SSSR count). The number of hydrogen-bond donors (Lipinski definition) is 2. The molecule has 0 aliphatic carbocycles. The number of benzene rings is 2. The van der Waals surface area contributed by atoms with Crippen molar-refractivity contribution in [2.45, 2.75) is 12.1 Å². The second-order valence-electron chi connectivity index (χ2n) is 6.18. The van der Waals surface area contributed by atoms with E-state index in [0.29, 0.717) is 30.8 Å². The van der Waals surface area contributed by atoms with Crippen LogP contribution in [0.15, 0.2) is 48.5 Å². The molecule has 6 heteroatoms. The third-order valence-corrected chi connectivity index (χ3v) is 4.75. The predicted octanol–water partition coefficient (Wildman–Crippen LogP) is 2.40. The van der Waals surface area contributed by atoms with Crippen LogP contribution in [0.4, 0.5) is 11.4 Å². The summed E-state index contributed by atoms with van der Waals surface area (Å²) in [5.41, 5.74) is 1.50. The molecule has 0 fully saturated rings. The van der Waals surface area contributed by atoms with Crippen molar-refractivity contribution >= 4 is 23.2 Å². The number of carbonyl (C=O) groups is 2. The molecular weight excluding hydrogens is 318 g/mol. The molecule has 1 spiro atoms. The summed E-state index contributed by atoms with van der Waals surface area (Å²) in [4.78, 5) is 27.8. The summed E-state index contributed by atoms with van der Waals surface area (Å²) >= 11 is 0. The van der Waals surface area contributed by atoms with Crippen molar-refractivity contribution in [2.75, 3.05) is 30.9 Å². The van der Waals surface area contributed by atoms with E-state index in [9.17, 15) is 9.59 Å². The highest BCUT2D eigenvalue weighted by Gasteiger charge is 2.55. The number of carbonyl (C=O) groups excluding carboxylic acids is 2. The Bertz CT molecular complexity index is 851. The minimum absolute atomic E-state index is 0.155. The zero-order chi connectivity index (χ0) is 17.4. The first-order valence-electron chi connectivity index (χ1n) is 8.27. The minimum Gasteiger partial charge on any atom is -0.385 e. The molecule has 0 bridgehead atoms. The van der Waals surface area contributed by atoms with Crippen molar-refractivity contribution in [3.63, 3.8) is 0 Å². The smallest absolute Gasteiger partial charge is 0.276 e. The van der Waals surface area contributed by atoms with Gasteiger partial charge in [-0.05, 0) is 24.6 Å². The SMILES string of the molecule is COCCCN1C(=O)c2ccccc2N[C@@]12C(=O)Nc1ccccc12. The fourth-order valence-corrected chi connectivity index (χ4v) is 3.61. The van der Waals surface area contributed by atoms with Crippen molar-refractivity contribution in [2.24, 2.45) is 0 Å². The van der Waals surface area contributed by atoms with E-state index in [1.54, 1.807) is 18.1 Å². The van der Waals surface area contributed by atoms with Crippen LogP contribution in [0.25, 0.3) is 0 Å². The third kappa shape index (κ3) is 2.21. The van der Waals surface area contributed by atoms with Crippen LogP contribution in [0, 0.1) is 0 Å². The number of methoxy groups -OCH3 is 1. The number of anilines is 2. The fourth-order valence-electron chi connectivity index (χ4n) is 3.61. The van der Waals surface area contributed by atoms with Crippen LogP contribution < -0.4 is 10.6 Å². The highest BCUT2D eigenvalue weighted by Crippen LogP contribution is 2.45. The maximum atomic E-state index is 13.2. The number of para-hydroxylation sites is 2. The van der Waals surface area contributed by atoms with Gasteiger partial charge in [-0.2, -0.15) is 0 Å². The summed E-state index contributed by atoms with van der Waals surface area (Å²) in [6.07, 6.45) is 0.642. The molecule has 2 amide bonds. The van der Waals surface area contributed by atoms with Crippen LogP contribution in [0.1, 0.15) is 22.3 Å². The molecule has 6 nitrogen and oxygen atoms in total. The number of rotatable bonds is 4. The van der Waals surface area contributed by atoms with Gasteiger partial charge in [-0.3, -0.25) is 9.59 Å². The van der Waals surface area contributed by atoms with Crippen molar-refractivity contribution in [1.82, 2.24) is 4.90 Å². The van der Waals surface area contributed by atoms with E-state index >= 15 is 0 Å². The number of nitrogens with zero attached hydrogens (tertiary/aromatic N) is 1. The van der Waals surface area contributed by atoms with Crippen LogP contribution in [0.2, 0.25) is 0 Å². The molecule has 1 atom stereocenters. The average molecular weight is 337 g/mol. The van der Waals surface area contributed by atoms with Gasteiger partial charge in [0.2, 0.25) is 5.66 Å². The standard InChI is InChI=1S/C19H19N3O3/c1-25-12-6-11-22-17(23)13-7-2-4-9-15(13)21-19(22)14-8-3-5-10-16(14)20-18(19)24/h2-5,7-10,21H,6,11-12H2,1H3,(H,20,24)/t19-/m1/s1. The molecule has 0 saturated heterocycles. The van der Waals surface area contributed by atoms with Crippen molar-refractivity contribution in [1.29, 1.82) is 0 Å². The molecule has 2 heterocycles. The van der Waals surface area contributed by atoms with E-state index in [1.807, 2.05) is 42.5 Å². The predicted molar refractivity (Wildman–Crippen MR) is 94.3 cm³/mol. The van der Waals surface area contributed by atoms with Gasteiger partial charge in [-0.1, -0.05) is 30.3 Å². The zero-order valence-corrected chi connectivity index (χ0v) is 13.9. The molecule has 25 heavy (non-hydrogen) atoms. The molecule has 2 N–H and O–H groups in total. The van der Waals surface area contributed by atoms with Gasteiger partial charge >= 0.3 is 0 Å². The lowest BCUT2D eigenvalue weighted by atomic mass is 9.93. The fraction of sp³-hybridized carbons (Fsp3) is 0.263. The van der Waals surface area contributed by atoms with Crippen LogP contribution >= 0.6 is 0 Å². The van der Waals surface area contributed by atoms with E-state index in [-0.39, 0.29) is 11.8 Å². The zero-order valence-electron chi connectivity index (χ0n) is 13.9. The van der Waals surface area contributed by atoms with E-state index in [4.69, 9.17) is 4.74 Å². The first-order chi connectivity index (χ1) is 12.2. The Labute approximate surface area is 145 Å². The van der Waals surface area contributed by atoms with Gasteiger partial charge < -0.3 is 20.3 Å². The third-order valence-electron chi connectivity index (χ3n) is 4.75. The quantitative estimate of drug-likeness (QED) is 0.841. The lowest BCUT2D eigenvalue weighted by Gasteiger charge is -2.44. The van der Waals surface area contributed by atoms with Gasteiger partial charge in [0.25, 0.3) is 11.8 Å². The largest absolute Gasteiger partial charge is 0.385 e. The summed E-state index contributed by atoms with van der Waals surface area (Å²) in [6.45, 7) is 0.931. The molecule has 0 radical (unpaired) electrons. The monoisotopic (exact) mass is 337 g/mol. The number of fused-ring (bicyclic) bond motifs is 3. The lowest BCUT2D eigenvalue weighted by molar-refractivity contribution is -0.125. The second-order valence-corrected chi connectivity index (χ2v) is 6.18. The van der Waals surface area contributed by atoms with Crippen LogP contribution in [0.5, 0.6) is 0 Å². The van der Waals surface area contributed by atoms with Crippen LogP contribution in [-0.4, -0.2) is 37.0 Å².